The summed E-state index contributed by atoms with van der Waals surface area (Å²) >= 11 is 0. The summed E-state index contributed by atoms with van der Waals surface area (Å²) < 4.78 is 0. The van der Waals surface area contributed by atoms with Crippen molar-refractivity contribution < 1.29 is 0 Å². The summed E-state index contributed by atoms with van der Waals surface area (Å²) in [5.74, 6) is 1.87. The van der Waals surface area contributed by atoms with Gasteiger partial charge in [0.05, 0.1) is 0 Å². The van der Waals surface area contributed by atoms with Gasteiger partial charge in [0.2, 0.25) is 0 Å². The van der Waals surface area contributed by atoms with Crippen molar-refractivity contribution >= 4 is 0 Å². The molecule has 1 aliphatic rings. The van der Waals surface area contributed by atoms with Crippen molar-refractivity contribution in [2.24, 2.45) is 5.92 Å². The second kappa shape index (κ2) is 8.49. The quantitative estimate of drug-likeness (QED) is 0.497. The first-order valence-electron chi connectivity index (χ1n) is 8.92. The summed E-state index contributed by atoms with van der Waals surface area (Å²) in [6, 6.07) is 9.50. The topological polar surface area (TPSA) is 0 Å². The highest BCUT2D eigenvalue weighted by molar-refractivity contribution is 5.25. The van der Waals surface area contributed by atoms with Crippen LogP contribution >= 0.6 is 0 Å². The van der Waals surface area contributed by atoms with Crippen LogP contribution in [0, 0.1) is 5.92 Å². The molecule has 112 valence electrons. The molecule has 1 aromatic carbocycles. The first-order valence-corrected chi connectivity index (χ1v) is 8.92. The second-order valence-corrected chi connectivity index (χ2v) is 6.71. The fourth-order valence-electron chi connectivity index (χ4n) is 3.71. The Balaban J connectivity index is 1.78. The van der Waals surface area contributed by atoms with Gasteiger partial charge in [0.25, 0.3) is 0 Å². The van der Waals surface area contributed by atoms with E-state index in [1.165, 1.54) is 69.8 Å². The van der Waals surface area contributed by atoms with E-state index in [0.29, 0.717) is 0 Å². The van der Waals surface area contributed by atoms with E-state index in [9.17, 15) is 0 Å². The van der Waals surface area contributed by atoms with Gasteiger partial charge in [0.15, 0.2) is 0 Å². The van der Waals surface area contributed by atoms with Gasteiger partial charge in [-0.1, -0.05) is 70.2 Å². The largest absolute Gasteiger partial charge is 0.0654 e. The fraction of sp³-hybridized carbons (Fsp3) is 0.700. The molecule has 0 spiro atoms. The summed E-state index contributed by atoms with van der Waals surface area (Å²) in [5, 5.41) is 0. The summed E-state index contributed by atoms with van der Waals surface area (Å²) in [4.78, 5) is 0. The van der Waals surface area contributed by atoms with Gasteiger partial charge in [-0.15, -0.1) is 0 Å². The molecular weight excluding hydrogens is 240 g/mol. The predicted octanol–water partition coefficient (Wildman–Crippen LogP) is 6.49. The van der Waals surface area contributed by atoms with Crippen LogP contribution in [0.25, 0.3) is 0 Å². The van der Waals surface area contributed by atoms with Crippen LogP contribution in [0.5, 0.6) is 0 Å². The highest BCUT2D eigenvalue weighted by atomic mass is 14.3. The van der Waals surface area contributed by atoms with Crippen LogP contribution in [-0.2, 0) is 6.42 Å². The zero-order chi connectivity index (χ0) is 14.2. The standard InChI is InChI=1S/C20H32/c1-3-5-6-8-18-11-15-20(16-12-18)19-13-9-17(7-4-2)10-14-19/h9-10,13-14,18,20H,3-8,11-12,15-16H2,1-2H3/t18-,20-. The normalized spacial score (nSPS) is 22.9. The van der Waals surface area contributed by atoms with Gasteiger partial charge in [0, 0.05) is 0 Å². The van der Waals surface area contributed by atoms with E-state index in [0.717, 1.165) is 11.8 Å². The Morgan fingerprint density at radius 3 is 2.15 bits per heavy atom. The Kier molecular flexibility index (Phi) is 6.63. The Labute approximate surface area is 126 Å². The van der Waals surface area contributed by atoms with Gasteiger partial charge < -0.3 is 0 Å². The lowest BCUT2D eigenvalue weighted by atomic mass is 9.77. The second-order valence-electron chi connectivity index (χ2n) is 6.71. The molecule has 0 N–H and O–H groups in total. The third kappa shape index (κ3) is 4.65. The van der Waals surface area contributed by atoms with E-state index in [-0.39, 0.29) is 0 Å². The molecule has 1 saturated carbocycles. The summed E-state index contributed by atoms with van der Waals surface area (Å²) in [7, 11) is 0. The molecule has 0 nitrogen and oxygen atoms in total. The average molecular weight is 272 g/mol. The van der Waals surface area contributed by atoms with Gasteiger partial charge >= 0.3 is 0 Å². The number of rotatable bonds is 7. The van der Waals surface area contributed by atoms with Crippen LogP contribution in [-0.4, -0.2) is 0 Å². The average Bonchev–Trinajstić information content (AvgIpc) is 2.49. The molecule has 0 amide bonds. The molecule has 0 radical (unpaired) electrons. The molecule has 0 saturated heterocycles. The molecule has 2 rings (SSSR count). The first kappa shape index (κ1) is 15.6. The van der Waals surface area contributed by atoms with Crippen LogP contribution in [0.4, 0.5) is 0 Å². The van der Waals surface area contributed by atoms with Gasteiger partial charge in [-0.2, -0.15) is 0 Å². The molecule has 0 aliphatic heterocycles. The molecule has 1 aromatic rings. The van der Waals surface area contributed by atoms with Crippen LogP contribution in [0.15, 0.2) is 24.3 Å². The minimum atomic E-state index is 0.841. The van der Waals surface area contributed by atoms with Crippen LogP contribution in [0.3, 0.4) is 0 Å². The zero-order valence-electron chi connectivity index (χ0n) is 13.5. The summed E-state index contributed by atoms with van der Waals surface area (Å²) in [6.07, 6.45) is 14.0. The smallest absolute Gasteiger partial charge is 0.0162 e. The van der Waals surface area contributed by atoms with Crippen molar-refractivity contribution in [2.45, 2.75) is 84.0 Å². The van der Waals surface area contributed by atoms with E-state index in [2.05, 4.69) is 38.1 Å². The van der Waals surface area contributed by atoms with Crippen LogP contribution < -0.4 is 0 Å². The van der Waals surface area contributed by atoms with Crippen LogP contribution in [0.2, 0.25) is 0 Å². The minimum Gasteiger partial charge on any atom is -0.0654 e. The molecule has 0 aromatic heterocycles. The van der Waals surface area contributed by atoms with Gasteiger partial charge in [-0.25, -0.2) is 0 Å². The van der Waals surface area contributed by atoms with Gasteiger partial charge in [-0.3, -0.25) is 0 Å². The Morgan fingerprint density at radius 2 is 1.55 bits per heavy atom. The summed E-state index contributed by atoms with van der Waals surface area (Å²) in [5.41, 5.74) is 3.10. The maximum Gasteiger partial charge on any atom is -0.0162 e. The number of benzene rings is 1. The number of aryl methyl sites for hydroxylation is 1. The zero-order valence-corrected chi connectivity index (χ0v) is 13.5. The highest BCUT2D eigenvalue weighted by Gasteiger charge is 2.21. The molecular formula is C20H32. The van der Waals surface area contributed by atoms with Gasteiger partial charge in [0.1, 0.15) is 0 Å². The maximum absolute atomic E-state index is 2.40. The molecule has 0 bridgehead atoms. The Hall–Kier alpha value is -0.780. The van der Waals surface area contributed by atoms with E-state index >= 15 is 0 Å². The van der Waals surface area contributed by atoms with Crippen molar-refractivity contribution in [3.63, 3.8) is 0 Å². The van der Waals surface area contributed by atoms with E-state index in [1.54, 1.807) is 5.56 Å². The molecule has 0 unspecified atom stereocenters. The van der Waals surface area contributed by atoms with Crippen molar-refractivity contribution in [3.05, 3.63) is 35.4 Å². The molecule has 0 atom stereocenters. The first-order chi connectivity index (χ1) is 9.83. The molecule has 0 heteroatoms. The Morgan fingerprint density at radius 1 is 0.850 bits per heavy atom. The third-order valence-electron chi connectivity index (χ3n) is 5.05. The van der Waals surface area contributed by atoms with Gasteiger partial charge in [-0.05, 0) is 55.1 Å². The minimum absolute atomic E-state index is 0.841. The maximum atomic E-state index is 2.40. The summed E-state index contributed by atoms with van der Waals surface area (Å²) in [6.45, 7) is 4.56. The van der Waals surface area contributed by atoms with Crippen LogP contribution in [0.1, 0.15) is 88.7 Å². The van der Waals surface area contributed by atoms with Crippen molar-refractivity contribution in [3.8, 4) is 0 Å². The Bertz CT molecular complexity index is 354. The lowest BCUT2D eigenvalue weighted by Crippen LogP contribution is -2.13. The molecule has 0 heterocycles. The SMILES string of the molecule is CCCCC[C@H]1CC[C@H](c2ccc(CCC)cc2)CC1. The predicted molar refractivity (Wildman–Crippen MR) is 89.3 cm³/mol. The highest BCUT2D eigenvalue weighted by Crippen LogP contribution is 2.37. The van der Waals surface area contributed by atoms with E-state index in [4.69, 9.17) is 0 Å². The van der Waals surface area contributed by atoms with E-state index < -0.39 is 0 Å². The van der Waals surface area contributed by atoms with Crippen molar-refractivity contribution in [1.29, 1.82) is 0 Å². The number of unbranched alkanes of at least 4 members (excludes halogenated alkanes) is 2. The fourth-order valence-corrected chi connectivity index (χ4v) is 3.71. The number of hydrogen-bond acceptors (Lipinski definition) is 0. The monoisotopic (exact) mass is 272 g/mol. The molecule has 20 heavy (non-hydrogen) atoms. The lowest BCUT2D eigenvalue weighted by Gasteiger charge is -2.29. The molecule has 1 aliphatic carbocycles. The van der Waals surface area contributed by atoms with Crippen molar-refractivity contribution in [2.75, 3.05) is 0 Å². The third-order valence-corrected chi connectivity index (χ3v) is 5.05. The number of hydrogen-bond donors (Lipinski definition) is 0. The molecule has 1 fully saturated rings. The lowest BCUT2D eigenvalue weighted by molar-refractivity contribution is 0.303. The van der Waals surface area contributed by atoms with Crippen molar-refractivity contribution in [1.82, 2.24) is 0 Å². The van der Waals surface area contributed by atoms with E-state index in [1.807, 2.05) is 0 Å².